The Balaban J connectivity index is 1.88. The van der Waals surface area contributed by atoms with Gasteiger partial charge in [-0.25, -0.2) is 4.98 Å². The summed E-state index contributed by atoms with van der Waals surface area (Å²) in [4.78, 5) is 15.9. The van der Waals surface area contributed by atoms with E-state index >= 15 is 0 Å². The van der Waals surface area contributed by atoms with Gasteiger partial charge in [0.15, 0.2) is 0 Å². The fourth-order valence-electron chi connectivity index (χ4n) is 2.13. The molecule has 0 unspecified atom stereocenters. The quantitative estimate of drug-likeness (QED) is 0.864. The molecular formula is C15H19ClN4O. The second-order valence-corrected chi connectivity index (χ2v) is 5.68. The average molecular weight is 307 g/mol. The van der Waals surface area contributed by atoms with E-state index in [0.717, 1.165) is 17.9 Å². The molecule has 0 aliphatic heterocycles. The Morgan fingerprint density at radius 2 is 2.19 bits per heavy atom. The van der Waals surface area contributed by atoms with E-state index in [2.05, 4.69) is 22.3 Å². The van der Waals surface area contributed by atoms with Gasteiger partial charge in [-0.05, 0) is 38.0 Å². The first-order valence-electron chi connectivity index (χ1n) is 6.86. The van der Waals surface area contributed by atoms with Crippen molar-refractivity contribution in [2.24, 2.45) is 5.92 Å². The van der Waals surface area contributed by atoms with Gasteiger partial charge in [0, 0.05) is 30.5 Å². The highest BCUT2D eigenvalue weighted by Gasteiger charge is 2.10. The largest absolute Gasteiger partial charge is 0.352 e. The maximum absolute atomic E-state index is 12.0. The topological polar surface area (TPSA) is 59.8 Å². The number of aryl methyl sites for hydroxylation is 2. The maximum Gasteiger partial charge on any atom is 0.251 e. The van der Waals surface area contributed by atoms with Crippen LogP contribution in [0.1, 0.15) is 28.7 Å². The van der Waals surface area contributed by atoms with Gasteiger partial charge in [0.1, 0.15) is 5.15 Å². The van der Waals surface area contributed by atoms with Gasteiger partial charge in [-0.1, -0.05) is 18.5 Å². The van der Waals surface area contributed by atoms with Crippen LogP contribution in [-0.4, -0.2) is 27.2 Å². The third-order valence-corrected chi connectivity index (χ3v) is 3.39. The standard InChI is InChI=1S/C15H19ClN4O/c1-10(9-20-12(3)6-11(2)19-20)8-18-15(21)13-4-5-17-14(16)7-13/h4-7,10H,8-9H2,1-3H3,(H,18,21)/t10-/m1/s1. The van der Waals surface area contributed by atoms with E-state index in [-0.39, 0.29) is 11.8 Å². The van der Waals surface area contributed by atoms with Crippen LogP contribution in [0.3, 0.4) is 0 Å². The minimum Gasteiger partial charge on any atom is -0.352 e. The van der Waals surface area contributed by atoms with Crippen LogP contribution in [0.15, 0.2) is 24.4 Å². The number of aromatic nitrogens is 3. The van der Waals surface area contributed by atoms with Crippen LogP contribution in [-0.2, 0) is 6.54 Å². The zero-order chi connectivity index (χ0) is 15.4. The number of rotatable bonds is 5. The minimum absolute atomic E-state index is 0.139. The van der Waals surface area contributed by atoms with Crippen molar-refractivity contribution >= 4 is 17.5 Å². The Morgan fingerprint density at radius 3 is 2.81 bits per heavy atom. The Hall–Kier alpha value is -1.88. The summed E-state index contributed by atoms with van der Waals surface area (Å²) in [6.07, 6.45) is 1.52. The minimum atomic E-state index is -0.139. The second kappa shape index (κ2) is 6.72. The van der Waals surface area contributed by atoms with E-state index in [9.17, 15) is 4.79 Å². The van der Waals surface area contributed by atoms with Crippen LogP contribution in [0.2, 0.25) is 5.15 Å². The van der Waals surface area contributed by atoms with Crippen LogP contribution in [0, 0.1) is 19.8 Å². The lowest BCUT2D eigenvalue weighted by Crippen LogP contribution is -2.30. The molecule has 0 radical (unpaired) electrons. The van der Waals surface area contributed by atoms with E-state index in [1.165, 1.54) is 6.20 Å². The molecule has 0 saturated carbocycles. The molecule has 1 N–H and O–H groups in total. The highest BCUT2D eigenvalue weighted by atomic mass is 35.5. The molecule has 2 aromatic rings. The molecule has 2 aromatic heterocycles. The number of halogens is 1. The van der Waals surface area contributed by atoms with E-state index < -0.39 is 0 Å². The lowest BCUT2D eigenvalue weighted by molar-refractivity contribution is 0.0946. The number of pyridine rings is 1. The predicted molar refractivity (Wildman–Crippen MR) is 82.4 cm³/mol. The molecule has 0 aliphatic carbocycles. The van der Waals surface area contributed by atoms with Crippen molar-refractivity contribution in [3.05, 3.63) is 46.5 Å². The van der Waals surface area contributed by atoms with Crippen LogP contribution in [0.4, 0.5) is 0 Å². The van der Waals surface area contributed by atoms with Gasteiger partial charge in [0.2, 0.25) is 0 Å². The summed E-state index contributed by atoms with van der Waals surface area (Å²) in [5, 5.41) is 7.65. The van der Waals surface area contributed by atoms with Crippen LogP contribution in [0.25, 0.3) is 0 Å². The number of carbonyl (C=O) groups excluding carboxylic acids is 1. The Kier molecular flexibility index (Phi) is 4.96. The molecule has 112 valence electrons. The number of nitrogens with one attached hydrogen (secondary N) is 1. The Labute approximate surface area is 129 Å². The fraction of sp³-hybridized carbons (Fsp3) is 0.400. The molecule has 0 aromatic carbocycles. The zero-order valence-corrected chi connectivity index (χ0v) is 13.2. The summed E-state index contributed by atoms with van der Waals surface area (Å²) < 4.78 is 1.97. The molecule has 0 aliphatic rings. The highest BCUT2D eigenvalue weighted by Crippen LogP contribution is 2.08. The number of hydrogen-bond acceptors (Lipinski definition) is 3. The van der Waals surface area contributed by atoms with Crippen LogP contribution < -0.4 is 5.32 Å². The lowest BCUT2D eigenvalue weighted by Gasteiger charge is -2.14. The lowest BCUT2D eigenvalue weighted by atomic mass is 10.1. The molecule has 1 atom stereocenters. The first-order chi connectivity index (χ1) is 9.95. The van der Waals surface area contributed by atoms with Gasteiger partial charge in [-0.3, -0.25) is 9.48 Å². The summed E-state index contributed by atoms with van der Waals surface area (Å²) in [7, 11) is 0. The number of amides is 1. The summed E-state index contributed by atoms with van der Waals surface area (Å²) in [5.41, 5.74) is 2.66. The van der Waals surface area contributed by atoms with Gasteiger partial charge in [-0.15, -0.1) is 0 Å². The molecule has 0 saturated heterocycles. The van der Waals surface area contributed by atoms with Crippen molar-refractivity contribution < 1.29 is 4.79 Å². The van der Waals surface area contributed by atoms with Gasteiger partial charge in [-0.2, -0.15) is 5.10 Å². The van der Waals surface area contributed by atoms with E-state index in [0.29, 0.717) is 17.3 Å². The van der Waals surface area contributed by atoms with Gasteiger partial charge in [0.05, 0.1) is 5.69 Å². The molecule has 6 heteroatoms. The zero-order valence-electron chi connectivity index (χ0n) is 12.4. The first kappa shape index (κ1) is 15.5. The van der Waals surface area contributed by atoms with Crippen molar-refractivity contribution in [1.29, 1.82) is 0 Å². The van der Waals surface area contributed by atoms with E-state index in [4.69, 9.17) is 11.6 Å². The van der Waals surface area contributed by atoms with Crippen molar-refractivity contribution in [3.63, 3.8) is 0 Å². The number of carbonyl (C=O) groups is 1. The molecular weight excluding hydrogens is 288 g/mol. The third-order valence-electron chi connectivity index (χ3n) is 3.19. The number of nitrogens with zero attached hydrogens (tertiary/aromatic N) is 3. The Bertz CT molecular complexity index is 638. The average Bonchev–Trinajstić information content (AvgIpc) is 2.74. The molecule has 0 bridgehead atoms. The van der Waals surface area contributed by atoms with Crippen molar-refractivity contribution in [3.8, 4) is 0 Å². The molecule has 2 heterocycles. The van der Waals surface area contributed by atoms with Gasteiger partial charge in [0.25, 0.3) is 5.91 Å². The van der Waals surface area contributed by atoms with Gasteiger partial charge >= 0.3 is 0 Å². The van der Waals surface area contributed by atoms with Crippen molar-refractivity contribution in [1.82, 2.24) is 20.1 Å². The SMILES string of the molecule is Cc1cc(C)n(C[C@H](C)CNC(=O)c2ccnc(Cl)c2)n1. The summed E-state index contributed by atoms with van der Waals surface area (Å²) in [5.74, 6) is 0.142. The predicted octanol–water partition coefficient (Wildman–Crippen LogP) is 2.61. The molecule has 1 amide bonds. The summed E-state index contributed by atoms with van der Waals surface area (Å²) >= 11 is 5.78. The smallest absolute Gasteiger partial charge is 0.251 e. The highest BCUT2D eigenvalue weighted by molar-refractivity contribution is 6.29. The van der Waals surface area contributed by atoms with Crippen molar-refractivity contribution in [2.45, 2.75) is 27.3 Å². The van der Waals surface area contributed by atoms with Gasteiger partial charge < -0.3 is 5.32 Å². The second-order valence-electron chi connectivity index (χ2n) is 5.29. The molecule has 0 fully saturated rings. The molecule has 5 nitrogen and oxygen atoms in total. The number of hydrogen-bond donors (Lipinski definition) is 1. The normalized spacial score (nSPS) is 12.2. The first-order valence-corrected chi connectivity index (χ1v) is 7.24. The third kappa shape index (κ3) is 4.29. The maximum atomic E-state index is 12.0. The molecule has 0 spiro atoms. The fourth-order valence-corrected chi connectivity index (χ4v) is 2.31. The summed E-state index contributed by atoms with van der Waals surface area (Å²) in [6.45, 7) is 7.44. The van der Waals surface area contributed by atoms with Crippen LogP contribution >= 0.6 is 11.6 Å². The monoisotopic (exact) mass is 306 g/mol. The van der Waals surface area contributed by atoms with E-state index in [1.54, 1.807) is 12.1 Å². The molecule has 21 heavy (non-hydrogen) atoms. The molecule has 2 rings (SSSR count). The summed E-state index contributed by atoms with van der Waals surface area (Å²) in [6, 6.07) is 5.25. The Morgan fingerprint density at radius 1 is 1.43 bits per heavy atom. The van der Waals surface area contributed by atoms with Crippen molar-refractivity contribution in [2.75, 3.05) is 6.54 Å². The van der Waals surface area contributed by atoms with E-state index in [1.807, 2.05) is 24.6 Å². The van der Waals surface area contributed by atoms with Crippen LogP contribution in [0.5, 0.6) is 0 Å².